The van der Waals surface area contributed by atoms with Crippen LogP contribution in [0.4, 0.5) is 14.5 Å². The number of sulfonamides is 1. The Labute approximate surface area is 159 Å². The molecule has 2 rings (SSSR count). The first-order valence-corrected chi connectivity index (χ1v) is 9.18. The lowest BCUT2D eigenvalue weighted by Gasteiger charge is -2.10. The maximum atomic E-state index is 12.3. The number of hydrogen-bond donors (Lipinski definition) is 2. The van der Waals surface area contributed by atoms with Crippen LogP contribution in [0, 0.1) is 12.3 Å². The summed E-state index contributed by atoms with van der Waals surface area (Å²) in [5, 5.41) is 2.37. The Kier molecular flexibility index (Phi) is 6.74. The van der Waals surface area contributed by atoms with Gasteiger partial charge in [-0.3, -0.25) is 4.79 Å². The van der Waals surface area contributed by atoms with E-state index in [0.29, 0.717) is 0 Å². The normalized spacial score (nSPS) is 11.1. The van der Waals surface area contributed by atoms with Crippen molar-refractivity contribution >= 4 is 33.2 Å². The first-order valence-electron chi connectivity index (χ1n) is 7.32. The van der Waals surface area contributed by atoms with Crippen LogP contribution >= 0.6 is 11.6 Å². The van der Waals surface area contributed by atoms with Gasteiger partial charge < -0.3 is 10.1 Å². The number of ether oxygens (including phenoxy) is 1. The van der Waals surface area contributed by atoms with Gasteiger partial charge in [0.25, 0.3) is 5.91 Å². The van der Waals surface area contributed by atoms with Crippen molar-refractivity contribution in [3.63, 3.8) is 0 Å². The quantitative estimate of drug-likeness (QED) is 0.682. The van der Waals surface area contributed by atoms with Gasteiger partial charge in [-0.15, -0.1) is 6.42 Å². The van der Waals surface area contributed by atoms with E-state index < -0.39 is 22.5 Å². The van der Waals surface area contributed by atoms with Gasteiger partial charge in [0.2, 0.25) is 10.0 Å². The molecule has 10 heteroatoms. The van der Waals surface area contributed by atoms with Crippen molar-refractivity contribution in [2.75, 3.05) is 11.9 Å². The van der Waals surface area contributed by atoms with Gasteiger partial charge >= 0.3 is 6.61 Å². The number of nitrogens with one attached hydrogen (secondary N) is 2. The monoisotopic (exact) mass is 414 g/mol. The molecule has 0 aliphatic carbocycles. The standard InChI is InChI=1S/C17H13ClF2N2O4S/c1-2-8-21-27(24,25)13-5-3-4-11(9-13)16(23)22-12-6-7-15(14(18)10-12)26-17(19)20/h1,3-7,9-10,17,21H,8H2,(H,22,23). The number of alkyl halides is 2. The lowest BCUT2D eigenvalue weighted by molar-refractivity contribution is -0.0497. The smallest absolute Gasteiger partial charge is 0.387 e. The number of halogens is 3. The van der Waals surface area contributed by atoms with Gasteiger partial charge in [0.05, 0.1) is 16.5 Å². The fourth-order valence-electron chi connectivity index (χ4n) is 2.00. The number of benzene rings is 2. The van der Waals surface area contributed by atoms with Crippen LogP contribution in [0.1, 0.15) is 10.4 Å². The molecule has 0 radical (unpaired) electrons. The maximum Gasteiger partial charge on any atom is 0.387 e. The average molecular weight is 415 g/mol. The van der Waals surface area contributed by atoms with Gasteiger partial charge in [-0.2, -0.15) is 13.5 Å². The number of rotatable bonds is 7. The van der Waals surface area contributed by atoms with Crippen molar-refractivity contribution in [2.24, 2.45) is 0 Å². The van der Waals surface area contributed by atoms with E-state index in [4.69, 9.17) is 18.0 Å². The van der Waals surface area contributed by atoms with Gasteiger partial charge in [-0.25, -0.2) is 8.42 Å². The molecular formula is C17H13ClF2N2O4S. The minimum atomic E-state index is -3.86. The molecule has 2 N–H and O–H groups in total. The largest absolute Gasteiger partial charge is 0.433 e. The highest BCUT2D eigenvalue weighted by Gasteiger charge is 2.16. The number of terminal acetylenes is 1. The number of anilines is 1. The van der Waals surface area contributed by atoms with E-state index in [1.807, 2.05) is 0 Å². The van der Waals surface area contributed by atoms with Gasteiger partial charge in [-0.1, -0.05) is 23.6 Å². The van der Waals surface area contributed by atoms with Crippen molar-refractivity contribution in [3.8, 4) is 18.1 Å². The lowest BCUT2D eigenvalue weighted by atomic mass is 10.2. The second-order valence-corrected chi connectivity index (χ2v) is 7.21. The Bertz CT molecular complexity index is 991. The highest BCUT2D eigenvalue weighted by molar-refractivity contribution is 7.89. The van der Waals surface area contributed by atoms with Crippen LogP contribution in [-0.2, 0) is 10.0 Å². The molecule has 0 aromatic heterocycles. The molecular weight excluding hydrogens is 402 g/mol. The Hall–Kier alpha value is -2.67. The topological polar surface area (TPSA) is 84.5 Å². The van der Waals surface area contributed by atoms with E-state index in [9.17, 15) is 22.0 Å². The highest BCUT2D eigenvalue weighted by Crippen LogP contribution is 2.29. The fourth-order valence-corrected chi connectivity index (χ4v) is 3.20. The van der Waals surface area contributed by atoms with Gasteiger partial charge in [0.1, 0.15) is 5.75 Å². The van der Waals surface area contributed by atoms with Crippen LogP contribution in [0.15, 0.2) is 47.4 Å². The number of carbonyl (C=O) groups is 1. The summed E-state index contributed by atoms with van der Waals surface area (Å²) in [6, 6.07) is 9.00. The van der Waals surface area contributed by atoms with Crippen LogP contribution < -0.4 is 14.8 Å². The first-order chi connectivity index (χ1) is 12.7. The Morgan fingerprint density at radius 2 is 2.00 bits per heavy atom. The SMILES string of the molecule is C#CCNS(=O)(=O)c1cccc(C(=O)Nc2ccc(OC(F)F)c(Cl)c2)c1. The van der Waals surface area contributed by atoms with Crippen LogP contribution in [0.5, 0.6) is 5.75 Å². The summed E-state index contributed by atoms with van der Waals surface area (Å²) in [4.78, 5) is 12.2. The molecule has 0 atom stereocenters. The molecule has 142 valence electrons. The molecule has 27 heavy (non-hydrogen) atoms. The zero-order chi connectivity index (χ0) is 20.0. The predicted octanol–water partition coefficient (Wildman–Crippen LogP) is 3.11. The molecule has 0 bridgehead atoms. The van der Waals surface area contributed by atoms with Crippen LogP contribution in [0.3, 0.4) is 0 Å². The summed E-state index contributed by atoms with van der Waals surface area (Å²) in [6.07, 6.45) is 5.02. The Morgan fingerprint density at radius 3 is 2.63 bits per heavy atom. The summed E-state index contributed by atoms with van der Waals surface area (Å²) in [5.41, 5.74) is 0.271. The van der Waals surface area contributed by atoms with Crippen LogP contribution in [0.2, 0.25) is 5.02 Å². The van der Waals surface area contributed by atoms with E-state index in [1.54, 1.807) is 0 Å². The third-order valence-corrected chi connectivity index (χ3v) is 4.87. The third kappa shape index (κ3) is 5.65. The van der Waals surface area contributed by atoms with Gasteiger partial charge in [0.15, 0.2) is 0 Å². The fraction of sp³-hybridized carbons (Fsp3) is 0.118. The number of amides is 1. The Balaban J connectivity index is 2.18. The molecule has 0 saturated carbocycles. The van der Waals surface area contributed by atoms with E-state index >= 15 is 0 Å². The zero-order valence-electron chi connectivity index (χ0n) is 13.6. The van der Waals surface area contributed by atoms with Crippen molar-refractivity contribution in [2.45, 2.75) is 11.5 Å². The lowest BCUT2D eigenvalue weighted by Crippen LogP contribution is -2.24. The summed E-state index contributed by atoms with van der Waals surface area (Å²) in [6.45, 7) is -3.22. The second-order valence-electron chi connectivity index (χ2n) is 5.03. The zero-order valence-corrected chi connectivity index (χ0v) is 15.2. The molecule has 0 aliphatic heterocycles. The molecule has 6 nitrogen and oxygen atoms in total. The summed E-state index contributed by atoms with van der Waals surface area (Å²) >= 11 is 5.82. The molecule has 0 spiro atoms. The van der Waals surface area contributed by atoms with E-state index in [1.165, 1.54) is 42.5 Å². The van der Waals surface area contributed by atoms with Gasteiger partial charge in [0, 0.05) is 11.3 Å². The van der Waals surface area contributed by atoms with Crippen molar-refractivity contribution < 1.29 is 26.7 Å². The summed E-state index contributed by atoms with van der Waals surface area (Å²) in [5.74, 6) is 1.28. The van der Waals surface area contributed by atoms with Crippen molar-refractivity contribution in [1.29, 1.82) is 0 Å². The molecule has 0 unspecified atom stereocenters. The molecule has 1 amide bonds. The van der Waals surface area contributed by atoms with Crippen molar-refractivity contribution in [1.82, 2.24) is 4.72 Å². The second kappa shape index (κ2) is 8.81. The average Bonchev–Trinajstić information content (AvgIpc) is 2.62. The van der Waals surface area contributed by atoms with Gasteiger partial charge in [-0.05, 0) is 36.4 Å². The summed E-state index contributed by atoms with van der Waals surface area (Å²) < 4.78 is 55.0. The molecule has 2 aromatic carbocycles. The minimum Gasteiger partial charge on any atom is -0.433 e. The Morgan fingerprint density at radius 1 is 1.26 bits per heavy atom. The highest BCUT2D eigenvalue weighted by atomic mass is 35.5. The summed E-state index contributed by atoms with van der Waals surface area (Å²) in [7, 11) is -3.86. The third-order valence-electron chi connectivity index (χ3n) is 3.18. The van der Waals surface area contributed by atoms with E-state index in [0.717, 1.165) is 0 Å². The minimum absolute atomic E-state index is 0.0580. The molecule has 2 aromatic rings. The van der Waals surface area contributed by atoms with Crippen molar-refractivity contribution in [3.05, 3.63) is 53.1 Å². The number of carbonyl (C=O) groups excluding carboxylic acids is 1. The molecule has 0 heterocycles. The predicted molar refractivity (Wildman–Crippen MR) is 96.5 cm³/mol. The van der Waals surface area contributed by atoms with E-state index in [-0.39, 0.29) is 33.5 Å². The molecule has 0 saturated heterocycles. The maximum absolute atomic E-state index is 12.3. The number of hydrogen-bond acceptors (Lipinski definition) is 4. The first kappa shape index (κ1) is 20.6. The van der Waals surface area contributed by atoms with Crippen LogP contribution in [-0.4, -0.2) is 27.5 Å². The molecule has 0 fully saturated rings. The van der Waals surface area contributed by atoms with Crippen LogP contribution in [0.25, 0.3) is 0 Å². The van der Waals surface area contributed by atoms with E-state index in [2.05, 4.69) is 20.7 Å². The molecule has 0 aliphatic rings.